The molecule has 1 rings (SSSR count). The van der Waals surface area contributed by atoms with Crippen LogP contribution >= 0.6 is 11.5 Å². The summed E-state index contributed by atoms with van der Waals surface area (Å²) in [6.45, 7) is 1.93. The fraction of sp³-hybridized carbons (Fsp3) is 0.571. The van der Waals surface area contributed by atoms with Crippen molar-refractivity contribution in [3.63, 3.8) is 0 Å². The van der Waals surface area contributed by atoms with Crippen LogP contribution in [-0.4, -0.2) is 16.6 Å². The zero-order valence-electron chi connectivity index (χ0n) is 6.57. The van der Waals surface area contributed by atoms with Crippen LogP contribution in [-0.2, 0) is 0 Å². The van der Waals surface area contributed by atoms with E-state index in [4.69, 9.17) is 4.74 Å². The van der Waals surface area contributed by atoms with E-state index in [-0.39, 0.29) is 0 Å². The summed E-state index contributed by atoms with van der Waals surface area (Å²) in [5, 5.41) is 9.35. The third-order valence-electron chi connectivity index (χ3n) is 1.43. The molecule has 0 radical (unpaired) electrons. The molecule has 1 heterocycles. The topological polar surface area (TPSA) is 42.4 Å². The highest BCUT2D eigenvalue weighted by atomic mass is 32.1. The summed E-state index contributed by atoms with van der Waals surface area (Å²) < 4.78 is 8.84. The Morgan fingerprint density at radius 2 is 2.55 bits per heavy atom. The molecule has 1 atom stereocenters. The van der Waals surface area contributed by atoms with Crippen molar-refractivity contribution in [2.45, 2.75) is 19.4 Å². The number of aromatic nitrogens is 1. The molecule has 0 bridgehead atoms. The lowest BCUT2D eigenvalue weighted by Crippen LogP contribution is -1.90. The lowest BCUT2D eigenvalue weighted by Gasteiger charge is -2.00. The van der Waals surface area contributed by atoms with Crippen molar-refractivity contribution in [2.24, 2.45) is 0 Å². The van der Waals surface area contributed by atoms with Gasteiger partial charge >= 0.3 is 0 Å². The minimum Gasteiger partial charge on any atom is -0.480 e. The zero-order chi connectivity index (χ0) is 8.27. The van der Waals surface area contributed by atoms with Crippen LogP contribution in [0.25, 0.3) is 0 Å². The van der Waals surface area contributed by atoms with Crippen molar-refractivity contribution in [3.8, 4) is 5.88 Å². The van der Waals surface area contributed by atoms with E-state index < -0.39 is 6.10 Å². The number of nitrogens with zero attached hydrogens (tertiary/aromatic N) is 1. The van der Waals surface area contributed by atoms with Gasteiger partial charge in [0.1, 0.15) is 0 Å². The van der Waals surface area contributed by atoms with E-state index in [0.29, 0.717) is 12.3 Å². The quantitative estimate of drug-likeness (QED) is 0.754. The Morgan fingerprint density at radius 3 is 3.00 bits per heavy atom. The molecule has 4 heteroatoms. The first-order valence-electron chi connectivity index (χ1n) is 3.46. The minimum atomic E-state index is -0.392. The smallest absolute Gasteiger partial charge is 0.225 e. The second-order valence-corrected chi connectivity index (χ2v) is 3.03. The summed E-state index contributed by atoms with van der Waals surface area (Å²) >= 11 is 1.28. The van der Waals surface area contributed by atoms with Gasteiger partial charge in [0.05, 0.1) is 18.1 Å². The molecule has 1 N–H and O–H groups in total. The lowest BCUT2D eigenvalue weighted by atomic mass is 10.2. The Kier molecular flexibility index (Phi) is 2.84. The van der Waals surface area contributed by atoms with Gasteiger partial charge in [-0.25, -0.2) is 0 Å². The normalized spacial score (nSPS) is 13.0. The first kappa shape index (κ1) is 8.49. The molecule has 0 amide bonds. The molecule has 0 aliphatic carbocycles. The van der Waals surface area contributed by atoms with Crippen molar-refractivity contribution in [1.29, 1.82) is 0 Å². The summed E-state index contributed by atoms with van der Waals surface area (Å²) in [5.41, 5.74) is 0. The van der Waals surface area contributed by atoms with Gasteiger partial charge in [-0.1, -0.05) is 6.92 Å². The molecule has 0 aromatic carbocycles. The Balaban J connectivity index is 2.71. The molecule has 1 aromatic heterocycles. The predicted molar refractivity (Wildman–Crippen MR) is 43.9 cm³/mol. The number of aliphatic hydroxyl groups excluding tert-OH is 1. The molecule has 0 aliphatic rings. The highest BCUT2D eigenvalue weighted by Crippen LogP contribution is 2.24. The number of rotatable bonds is 3. The van der Waals surface area contributed by atoms with Crippen LogP contribution < -0.4 is 4.74 Å². The minimum absolute atomic E-state index is 0.392. The second-order valence-electron chi connectivity index (χ2n) is 2.20. The Bertz CT molecular complexity index is 224. The van der Waals surface area contributed by atoms with Gasteiger partial charge in [-0.3, -0.25) is 0 Å². The molecular weight excluding hydrogens is 162 g/mol. The number of ether oxygens (including phenoxy) is 1. The van der Waals surface area contributed by atoms with E-state index in [2.05, 4.69) is 4.37 Å². The van der Waals surface area contributed by atoms with E-state index in [0.717, 1.165) is 4.88 Å². The maximum absolute atomic E-state index is 9.35. The molecule has 0 fully saturated rings. The highest BCUT2D eigenvalue weighted by Gasteiger charge is 2.08. The van der Waals surface area contributed by atoms with Gasteiger partial charge in [0.15, 0.2) is 0 Å². The van der Waals surface area contributed by atoms with E-state index in [1.54, 1.807) is 13.2 Å². The van der Waals surface area contributed by atoms with Crippen LogP contribution in [0.2, 0.25) is 0 Å². The zero-order valence-corrected chi connectivity index (χ0v) is 7.39. The molecule has 1 unspecified atom stereocenters. The number of aliphatic hydroxyl groups is 1. The molecule has 0 saturated carbocycles. The number of hydrogen-bond acceptors (Lipinski definition) is 4. The van der Waals surface area contributed by atoms with Crippen LogP contribution in [0.1, 0.15) is 24.3 Å². The standard InChI is InChI=1S/C7H11NO2S/c1-3-5(9)6-4-7(10-2)8-11-6/h4-5,9H,3H2,1-2H3. The third-order valence-corrected chi connectivity index (χ3v) is 2.30. The van der Waals surface area contributed by atoms with E-state index in [1.165, 1.54) is 11.5 Å². The largest absolute Gasteiger partial charge is 0.480 e. The Hall–Kier alpha value is -0.610. The van der Waals surface area contributed by atoms with Gasteiger partial charge in [-0.15, -0.1) is 0 Å². The summed E-state index contributed by atoms with van der Waals surface area (Å²) in [4.78, 5) is 0.865. The lowest BCUT2D eigenvalue weighted by molar-refractivity contribution is 0.177. The van der Waals surface area contributed by atoms with Crippen LogP contribution in [0.4, 0.5) is 0 Å². The van der Waals surface area contributed by atoms with Crippen molar-refractivity contribution in [3.05, 3.63) is 10.9 Å². The fourth-order valence-electron chi connectivity index (χ4n) is 0.727. The van der Waals surface area contributed by atoms with Crippen LogP contribution in [0.3, 0.4) is 0 Å². The fourth-order valence-corrected chi connectivity index (χ4v) is 1.49. The van der Waals surface area contributed by atoms with Gasteiger partial charge in [0.2, 0.25) is 5.88 Å². The van der Waals surface area contributed by atoms with Gasteiger partial charge < -0.3 is 9.84 Å². The second kappa shape index (κ2) is 3.69. The van der Waals surface area contributed by atoms with Crippen molar-refractivity contribution >= 4 is 11.5 Å². The van der Waals surface area contributed by atoms with Crippen molar-refractivity contribution in [2.75, 3.05) is 7.11 Å². The van der Waals surface area contributed by atoms with Crippen LogP contribution in [0.5, 0.6) is 5.88 Å². The van der Waals surface area contributed by atoms with Crippen LogP contribution in [0.15, 0.2) is 6.07 Å². The predicted octanol–water partition coefficient (Wildman–Crippen LogP) is 1.60. The monoisotopic (exact) mass is 173 g/mol. The van der Waals surface area contributed by atoms with E-state index in [1.807, 2.05) is 6.92 Å². The molecule has 0 aliphatic heterocycles. The first-order chi connectivity index (χ1) is 5.27. The molecule has 3 nitrogen and oxygen atoms in total. The van der Waals surface area contributed by atoms with Gasteiger partial charge in [-0.05, 0) is 18.0 Å². The third kappa shape index (κ3) is 1.91. The van der Waals surface area contributed by atoms with Gasteiger partial charge in [-0.2, -0.15) is 4.37 Å². The summed E-state index contributed by atoms with van der Waals surface area (Å²) in [7, 11) is 1.57. The number of methoxy groups -OCH3 is 1. The summed E-state index contributed by atoms with van der Waals surface area (Å²) in [6, 6.07) is 1.76. The van der Waals surface area contributed by atoms with Gasteiger partial charge in [0.25, 0.3) is 0 Å². The Morgan fingerprint density at radius 1 is 1.82 bits per heavy atom. The highest BCUT2D eigenvalue weighted by molar-refractivity contribution is 7.06. The molecule has 0 saturated heterocycles. The maximum atomic E-state index is 9.35. The maximum Gasteiger partial charge on any atom is 0.225 e. The van der Waals surface area contributed by atoms with E-state index in [9.17, 15) is 5.11 Å². The van der Waals surface area contributed by atoms with E-state index >= 15 is 0 Å². The summed E-state index contributed by atoms with van der Waals surface area (Å²) in [5.74, 6) is 0.581. The average Bonchev–Trinajstić information content (AvgIpc) is 2.50. The SMILES string of the molecule is CCC(O)c1cc(OC)ns1. The molecule has 1 aromatic rings. The van der Waals surface area contributed by atoms with Crippen LogP contribution in [0, 0.1) is 0 Å². The molecule has 62 valence electrons. The molecule has 0 spiro atoms. The first-order valence-corrected chi connectivity index (χ1v) is 4.24. The van der Waals surface area contributed by atoms with Crippen molar-refractivity contribution < 1.29 is 9.84 Å². The summed E-state index contributed by atoms with van der Waals surface area (Å²) in [6.07, 6.45) is 0.321. The van der Waals surface area contributed by atoms with Gasteiger partial charge in [0, 0.05) is 6.07 Å². The average molecular weight is 173 g/mol. The molecule has 11 heavy (non-hydrogen) atoms. The van der Waals surface area contributed by atoms with Crippen molar-refractivity contribution in [1.82, 2.24) is 4.37 Å². The molecular formula is C7H11NO2S. The Labute approximate surface area is 69.8 Å². The number of hydrogen-bond donors (Lipinski definition) is 1.